The van der Waals surface area contributed by atoms with E-state index in [-0.39, 0.29) is 5.56 Å². The van der Waals surface area contributed by atoms with Gasteiger partial charge in [-0.25, -0.2) is 4.98 Å². The zero-order valence-electron chi connectivity index (χ0n) is 11.2. The Kier molecular flexibility index (Phi) is 3.82. The van der Waals surface area contributed by atoms with Gasteiger partial charge < -0.3 is 16.0 Å². The van der Waals surface area contributed by atoms with Crippen molar-refractivity contribution in [1.29, 1.82) is 0 Å². The summed E-state index contributed by atoms with van der Waals surface area (Å²) in [5.74, 6) is 1.25. The molecule has 0 bridgehead atoms. The fourth-order valence-electron chi connectivity index (χ4n) is 2.48. The number of fused-ring (bicyclic) bond motifs is 1. The van der Waals surface area contributed by atoms with Gasteiger partial charge in [-0.2, -0.15) is 11.8 Å². The molecule has 2 heterocycles. The fourth-order valence-corrected chi connectivity index (χ4v) is 3.72. The predicted molar refractivity (Wildman–Crippen MR) is 85.4 cm³/mol. The maximum absolute atomic E-state index is 11.7. The number of H-pyrrole nitrogens is 1. The summed E-state index contributed by atoms with van der Waals surface area (Å²) in [6.07, 6.45) is 5.31. The number of rotatable bonds is 3. The summed E-state index contributed by atoms with van der Waals surface area (Å²) in [4.78, 5) is 18.4. The van der Waals surface area contributed by atoms with Gasteiger partial charge in [0.05, 0.1) is 28.6 Å². The van der Waals surface area contributed by atoms with Crippen molar-refractivity contribution < 1.29 is 0 Å². The van der Waals surface area contributed by atoms with E-state index in [1.165, 1.54) is 31.3 Å². The number of aromatic nitrogens is 2. The second kappa shape index (κ2) is 5.75. The molecular formula is C14H18N4OS. The molecule has 1 aromatic heterocycles. The normalized spacial score (nSPS) is 19.1. The second-order valence-electron chi connectivity index (χ2n) is 5.06. The molecule has 4 N–H and O–H groups in total. The highest BCUT2D eigenvalue weighted by Gasteiger charge is 2.14. The van der Waals surface area contributed by atoms with Crippen LogP contribution in [0.2, 0.25) is 0 Å². The summed E-state index contributed by atoms with van der Waals surface area (Å²) in [6.45, 7) is 0.906. The van der Waals surface area contributed by atoms with Gasteiger partial charge in [0.2, 0.25) is 0 Å². The highest BCUT2D eigenvalue weighted by Crippen LogP contribution is 2.27. The van der Waals surface area contributed by atoms with Gasteiger partial charge in [0.1, 0.15) is 0 Å². The minimum atomic E-state index is -0.156. The molecule has 1 unspecified atom stereocenters. The summed E-state index contributed by atoms with van der Waals surface area (Å²) in [5, 5.41) is 4.57. The molecule has 106 valence electrons. The molecule has 1 aliphatic rings. The molecule has 0 amide bonds. The van der Waals surface area contributed by atoms with Crippen molar-refractivity contribution >= 4 is 34.0 Å². The SMILES string of the molecule is Nc1cc2c(=O)[nH]cnc2cc1NCC1CCCCS1. The third kappa shape index (κ3) is 2.75. The average Bonchev–Trinajstić information content (AvgIpc) is 2.47. The molecule has 20 heavy (non-hydrogen) atoms. The molecule has 0 saturated carbocycles. The van der Waals surface area contributed by atoms with Gasteiger partial charge in [-0.1, -0.05) is 6.42 Å². The molecule has 1 fully saturated rings. The van der Waals surface area contributed by atoms with Gasteiger partial charge >= 0.3 is 0 Å². The standard InChI is InChI=1S/C14H18N4OS/c15-11-5-10-12(17-8-18-14(10)19)6-13(11)16-7-9-3-1-2-4-20-9/h5-6,8-9,16H,1-4,7,15H2,(H,17,18,19). The van der Waals surface area contributed by atoms with E-state index in [2.05, 4.69) is 15.3 Å². The third-order valence-electron chi connectivity index (χ3n) is 3.61. The van der Waals surface area contributed by atoms with Crippen LogP contribution in [0.25, 0.3) is 10.9 Å². The van der Waals surface area contributed by atoms with Crippen LogP contribution in [-0.4, -0.2) is 27.5 Å². The molecule has 1 aliphatic heterocycles. The van der Waals surface area contributed by atoms with E-state index in [9.17, 15) is 4.79 Å². The Bertz CT molecular complexity index is 664. The first-order chi connectivity index (χ1) is 9.74. The van der Waals surface area contributed by atoms with Crippen LogP contribution in [0, 0.1) is 0 Å². The van der Waals surface area contributed by atoms with Gasteiger partial charge in [-0.05, 0) is 30.7 Å². The molecule has 2 aromatic rings. The second-order valence-corrected chi connectivity index (χ2v) is 6.47. The Morgan fingerprint density at radius 1 is 1.45 bits per heavy atom. The number of nitrogens with zero attached hydrogens (tertiary/aromatic N) is 1. The maximum atomic E-state index is 11.7. The largest absolute Gasteiger partial charge is 0.397 e. The monoisotopic (exact) mass is 290 g/mol. The van der Waals surface area contributed by atoms with Crippen LogP contribution in [0.1, 0.15) is 19.3 Å². The summed E-state index contributed by atoms with van der Waals surface area (Å²) in [7, 11) is 0. The quantitative estimate of drug-likeness (QED) is 0.755. The number of nitrogen functional groups attached to an aromatic ring is 1. The molecule has 1 aromatic carbocycles. The highest BCUT2D eigenvalue weighted by atomic mass is 32.2. The van der Waals surface area contributed by atoms with E-state index in [1.54, 1.807) is 6.07 Å². The van der Waals surface area contributed by atoms with Crippen LogP contribution in [0.5, 0.6) is 0 Å². The van der Waals surface area contributed by atoms with Gasteiger partial charge in [0.15, 0.2) is 0 Å². The number of anilines is 2. The van der Waals surface area contributed by atoms with E-state index < -0.39 is 0 Å². The van der Waals surface area contributed by atoms with Crippen molar-refractivity contribution in [3.8, 4) is 0 Å². The summed E-state index contributed by atoms with van der Waals surface area (Å²) >= 11 is 2.02. The number of nitrogens with two attached hydrogens (primary N) is 1. The van der Waals surface area contributed by atoms with Gasteiger partial charge in [0, 0.05) is 11.8 Å². The number of thioether (sulfide) groups is 1. The van der Waals surface area contributed by atoms with Crippen molar-refractivity contribution in [3.05, 3.63) is 28.8 Å². The number of benzene rings is 1. The lowest BCUT2D eigenvalue weighted by Gasteiger charge is -2.22. The van der Waals surface area contributed by atoms with Gasteiger partial charge in [-0.15, -0.1) is 0 Å². The minimum absolute atomic E-state index is 0.156. The zero-order valence-corrected chi connectivity index (χ0v) is 12.0. The lowest BCUT2D eigenvalue weighted by atomic mass is 10.1. The number of hydrogen-bond donors (Lipinski definition) is 3. The molecule has 1 atom stereocenters. The van der Waals surface area contributed by atoms with Gasteiger partial charge in [-0.3, -0.25) is 4.79 Å². The molecule has 5 nitrogen and oxygen atoms in total. The van der Waals surface area contributed by atoms with Crippen molar-refractivity contribution in [2.45, 2.75) is 24.5 Å². The van der Waals surface area contributed by atoms with Crippen molar-refractivity contribution in [2.24, 2.45) is 0 Å². The van der Waals surface area contributed by atoms with Crippen molar-refractivity contribution in [1.82, 2.24) is 9.97 Å². The van der Waals surface area contributed by atoms with Crippen LogP contribution in [0.4, 0.5) is 11.4 Å². The van der Waals surface area contributed by atoms with E-state index in [4.69, 9.17) is 5.73 Å². The Labute approximate surface area is 121 Å². The summed E-state index contributed by atoms with van der Waals surface area (Å²) in [6, 6.07) is 3.55. The Morgan fingerprint density at radius 2 is 2.35 bits per heavy atom. The van der Waals surface area contributed by atoms with Crippen LogP contribution in [0.3, 0.4) is 0 Å². The molecule has 0 aliphatic carbocycles. The maximum Gasteiger partial charge on any atom is 0.258 e. The fraction of sp³-hybridized carbons (Fsp3) is 0.429. The first-order valence-corrected chi connectivity index (χ1v) is 7.91. The lowest BCUT2D eigenvalue weighted by molar-refractivity contribution is 0.678. The third-order valence-corrected chi connectivity index (χ3v) is 5.00. The van der Waals surface area contributed by atoms with Crippen molar-refractivity contribution in [2.75, 3.05) is 23.3 Å². The summed E-state index contributed by atoms with van der Waals surface area (Å²) in [5.41, 5.74) is 7.99. The number of nitrogens with one attached hydrogen (secondary N) is 2. The minimum Gasteiger partial charge on any atom is -0.397 e. The van der Waals surface area contributed by atoms with E-state index in [0.717, 1.165) is 12.2 Å². The molecular weight excluding hydrogens is 272 g/mol. The molecule has 0 spiro atoms. The van der Waals surface area contributed by atoms with E-state index in [1.807, 2.05) is 17.8 Å². The first kappa shape index (κ1) is 13.3. The topological polar surface area (TPSA) is 83.8 Å². The lowest BCUT2D eigenvalue weighted by Crippen LogP contribution is -2.20. The summed E-state index contributed by atoms with van der Waals surface area (Å²) < 4.78 is 0. The Morgan fingerprint density at radius 3 is 3.15 bits per heavy atom. The molecule has 1 saturated heterocycles. The van der Waals surface area contributed by atoms with E-state index >= 15 is 0 Å². The van der Waals surface area contributed by atoms with Crippen LogP contribution < -0.4 is 16.6 Å². The first-order valence-electron chi connectivity index (χ1n) is 6.86. The highest BCUT2D eigenvalue weighted by molar-refractivity contribution is 7.99. The molecule has 0 radical (unpaired) electrons. The smallest absolute Gasteiger partial charge is 0.258 e. The average molecular weight is 290 g/mol. The predicted octanol–water partition coefficient (Wildman–Crippen LogP) is 2.20. The number of hydrogen-bond acceptors (Lipinski definition) is 5. The van der Waals surface area contributed by atoms with Crippen molar-refractivity contribution in [3.63, 3.8) is 0 Å². The Balaban J connectivity index is 1.80. The van der Waals surface area contributed by atoms with Crippen LogP contribution in [0.15, 0.2) is 23.3 Å². The van der Waals surface area contributed by atoms with Gasteiger partial charge in [0.25, 0.3) is 5.56 Å². The van der Waals surface area contributed by atoms with Crippen LogP contribution in [-0.2, 0) is 0 Å². The molecule has 6 heteroatoms. The zero-order chi connectivity index (χ0) is 13.9. The Hall–Kier alpha value is -1.69. The van der Waals surface area contributed by atoms with E-state index in [0.29, 0.717) is 21.8 Å². The van der Waals surface area contributed by atoms with Crippen LogP contribution >= 0.6 is 11.8 Å². The number of aromatic amines is 1. The molecule has 3 rings (SSSR count).